The number of carbonyl (C=O) groups is 1. The quantitative estimate of drug-likeness (QED) is 0.548. The van der Waals surface area contributed by atoms with Gasteiger partial charge in [-0.2, -0.15) is 0 Å². The fourth-order valence-electron chi connectivity index (χ4n) is 2.83. The predicted molar refractivity (Wildman–Crippen MR) is 98.8 cm³/mol. The van der Waals surface area contributed by atoms with E-state index in [4.69, 9.17) is 11.6 Å². The average molecular weight is 405 g/mol. The van der Waals surface area contributed by atoms with E-state index in [9.17, 15) is 23.3 Å². The first-order chi connectivity index (χ1) is 12.1. The molecule has 11 heteroatoms. The zero-order valence-electron chi connectivity index (χ0n) is 14.4. The van der Waals surface area contributed by atoms with E-state index >= 15 is 0 Å². The molecule has 0 aromatic heterocycles. The normalized spacial score (nSPS) is 17.7. The van der Waals surface area contributed by atoms with Gasteiger partial charge in [-0.25, -0.2) is 13.1 Å². The van der Waals surface area contributed by atoms with E-state index in [-0.39, 0.29) is 28.3 Å². The lowest BCUT2D eigenvalue weighted by atomic mass is 10.0. The Kier molecular flexibility index (Phi) is 6.56. The molecule has 0 saturated carbocycles. The molecule has 1 saturated heterocycles. The number of non-ortho nitro benzene ring substituents is 1. The first-order valence-corrected chi connectivity index (χ1v) is 10.3. The Labute approximate surface area is 156 Å². The molecule has 1 heterocycles. The van der Waals surface area contributed by atoms with Gasteiger partial charge >= 0.3 is 0 Å². The second kappa shape index (κ2) is 8.30. The molecule has 1 fully saturated rings. The standard InChI is InChI=1S/C15H21ClN4O5S/c1-10(19-7-5-11(6-8-19)18-26(2,24)25)15(21)17-14-9-12(20(22)23)3-4-13(14)16/h3-4,9-11,18H,5-8H2,1-2H3,(H,17,21). The number of nitro benzene ring substituents is 1. The number of sulfonamides is 1. The van der Waals surface area contributed by atoms with E-state index in [1.807, 2.05) is 4.90 Å². The van der Waals surface area contributed by atoms with E-state index in [1.54, 1.807) is 6.92 Å². The van der Waals surface area contributed by atoms with Crippen LogP contribution in [0.2, 0.25) is 5.02 Å². The van der Waals surface area contributed by atoms with Gasteiger partial charge in [0.25, 0.3) is 5.69 Å². The van der Waals surface area contributed by atoms with Crippen molar-refractivity contribution in [3.63, 3.8) is 0 Å². The van der Waals surface area contributed by atoms with Crippen LogP contribution in [0.25, 0.3) is 0 Å². The molecule has 0 spiro atoms. The number of nitro groups is 1. The first kappa shape index (κ1) is 20.6. The van der Waals surface area contributed by atoms with Crippen molar-refractivity contribution in [3.8, 4) is 0 Å². The highest BCUT2D eigenvalue weighted by atomic mass is 35.5. The highest BCUT2D eigenvalue weighted by Gasteiger charge is 2.28. The Balaban J connectivity index is 1.96. The molecule has 1 aliphatic heterocycles. The highest BCUT2D eigenvalue weighted by Crippen LogP contribution is 2.27. The van der Waals surface area contributed by atoms with Crippen molar-refractivity contribution in [1.29, 1.82) is 0 Å². The largest absolute Gasteiger partial charge is 0.323 e. The lowest BCUT2D eigenvalue weighted by Gasteiger charge is -2.35. The fourth-order valence-corrected chi connectivity index (χ4v) is 3.84. The number of hydrogen-bond acceptors (Lipinski definition) is 6. The van der Waals surface area contributed by atoms with E-state index in [0.717, 1.165) is 6.26 Å². The third-order valence-corrected chi connectivity index (χ3v) is 5.35. The Morgan fingerprint density at radius 3 is 2.54 bits per heavy atom. The maximum atomic E-state index is 12.5. The maximum Gasteiger partial charge on any atom is 0.271 e. The molecular weight excluding hydrogens is 384 g/mol. The van der Waals surface area contributed by atoms with Gasteiger partial charge in [0, 0.05) is 31.3 Å². The molecule has 0 bridgehead atoms. The zero-order chi connectivity index (χ0) is 19.5. The molecular formula is C15H21ClN4O5S. The van der Waals surface area contributed by atoms with Gasteiger partial charge in [-0.05, 0) is 25.8 Å². The molecule has 9 nitrogen and oxygen atoms in total. The number of rotatable bonds is 6. The summed E-state index contributed by atoms with van der Waals surface area (Å²) in [6.45, 7) is 2.85. The van der Waals surface area contributed by atoms with Crippen LogP contribution >= 0.6 is 11.6 Å². The summed E-state index contributed by atoms with van der Waals surface area (Å²) in [5.74, 6) is -0.332. The number of nitrogens with zero attached hydrogens (tertiary/aromatic N) is 2. The van der Waals surface area contributed by atoms with Gasteiger partial charge in [0.15, 0.2) is 0 Å². The first-order valence-electron chi connectivity index (χ1n) is 8.03. The molecule has 1 aromatic rings. The van der Waals surface area contributed by atoms with Crippen LogP contribution in [0.15, 0.2) is 18.2 Å². The summed E-state index contributed by atoms with van der Waals surface area (Å²) in [5, 5.41) is 13.7. The number of likely N-dealkylation sites (tertiary alicyclic amines) is 1. The number of carbonyl (C=O) groups excluding carboxylic acids is 1. The lowest BCUT2D eigenvalue weighted by molar-refractivity contribution is -0.384. The number of hydrogen-bond donors (Lipinski definition) is 2. The molecule has 0 radical (unpaired) electrons. The molecule has 1 aromatic carbocycles. The van der Waals surface area contributed by atoms with Crippen LogP contribution in [-0.2, 0) is 14.8 Å². The molecule has 1 unspecified atom stereocenters. The Morgan fingerprint density at radius 2 is 2.00 bits per heavy atom. The minimum absolute atomic E-state index is 0.136. The Morgan fingerprint density at radius 1 is 1.38 bits per heavy atom. The van der Waals surface area contributed by atoms with Crippen molar-refractivity contribution in [2.45, 2.75) is 31.8 Å². The number of piperidine rings is 1. The molecule has 2 rings (SSSR count). The Bertz CT molecular complexity index is 793. The summed E-state index contributed by atoms with van der Waals surface area (Å²) >= 11 is 6.00. The zero-order valence-corrected chi connectivity index (χ0v) is 16.0. The van der Waals surface area contributed by atoms with Crippen LogP contribution in [-0.4, -0.2) is 55.6 Å². The van der Waals surface area contributed by atoms with Crippen molar-refractivity contribution in [3.05, 3.63) is 33.3 Å². The second-order valence-corrected chi connectivity index (χ2v) is 8.47. The number of benzene rings is 1. The van der Waals surface area contributed by atoms with Gasteiger partial charge in [-0.3, -0.25) is 19.8 Å². The topological polar surface area (TPSA) is 122 Å². The van der Waals surface area contributed by atoms with E-state index in [2.05, 4.69) is 10.0 Å². The predicted octanol–water partition coefficient (Wildman–Crippen LogP) is 1.59. The van der Waals surface area contributed by atoms with Crippen LogP contribution in [0.1, 0.15) is 19.8 Å². The average Bonchev–Trinajstić information content (AvgIpc) is 2.55. The summed E-state index contributed by atoms with van der Waals surface area (Å²) in [4.78, 5) is 24.7. The van der Waals surface area contributed by atoms with Crippen LogP contribution in [0, 0.1) is 10.1 Å². The van der Waals surface area contributed by atoms with Gasteiger partial charge < -0.3 is 5.32 Å². The van der Waals surface area contributed by atoms with Gasteiger partial charge in [0.1, 0.15) is 0 Å². The maximum absolute atomic E-state index is 12.5. The van der Waals surface area contributed by atoms with Crippen molar-refractivity contribution in [2.75, 3.05) is 24.7 Å². The second-order valence-electron chi connectivity index (χ2n) is 6.29. The lowest BCUT2D eigenvalue weighted by Crippen LogP contribution is -2.50. The van der Waals surface area contributed by atoms with Crippen LogP contribution in [0.4, 0.5) is 11.4 Å². The summed E-state index contributed by atoms with van der Waals surface area (Å²) < 4.78 is 25.1. The number of anilines is 1. The third kappa shape index (κ3) is 5.63. The molecule has 2 N–H and O–H groups in total. The van der Waals surface area contributed by atoms with Gasteiger partial charge in [0.05, 0.1) is 27.9 Å². The van der Waals surface area contributed by atoms with Crippen molar-refractivity contribution >= 4 is 38.9 Å². The molecule has 26 heavy (non-hydrogen) atoms. The number of amides is 1. The van der Waals surface area contributed by atoms with Gasteiger partial charge in [-0.15, -0.1) is 0 Å². The molecule has 0 aliphatic carbocycles. The summed E-state index contributed by atoms with van der Waals surface area (Å²) in [6.07, 6.45) is 2.32. The molecule has 144 valence electrons. The van der Waals surface area contributed by atoms with E-state index in [0.29, 0.717) is 25.9 Å². The monoisotopic (exact) mass is 404 g/mol. The minimum atomic E-state index is -3.25. The van der Waals surface area contributed by atoms with Crippen molar-refractivity contribution in [2.24, 2.45) is 0 Å². The third-order valence-electron chi connectivity index (χ3n) is 4.26. The van der Waals surface area contributed by atoms with Crippen molar-refractivity contribution in [1.82, 2.24) is 9.62 Å². The van der Waals surface area contributed by atoms with Crippen molar-refractivity contribution < 1.29 is 18.1 Å². The van der Waals surface area contributed by atoms with Gasteiger partial charge in [0.2, 0.25) is 15.9 Å². The SMILES string of the molecule is CC(C(=O)Nc1cc([N+](=O)[O-])ccc1Cl)N1CCC(NS(C)(=O)=O)CC1. The van der Waals surface area contributed by atoms with Crippen LogP contribution < -0.4 is 10.0 Å². The fraction of sp³-hybridized carbons (Fsp3) is 0.533. The highest BCUT2D eigenvalue weighted by molar-refractivity contribution is 7.88. The minimum Gasteiger partial charge on any atom is -0.323 e. The number of halogens is 1. The van der Waals surface area contributed by atoms with Crippen LogP contribution in [0.5, 0.6) is 0 Å². The number of nitrogens with one attached hydrogen (secondary N) is 2. The molecule has 1 aliphatic rings. The van der Waals surface area contributed by atoms with Gasteiger partial charge in [-0.1, -0.05) is 11.6 Å². The molecule has 1 amide bonds. The summed E-state index contributed by atoms with van der Waals surface area (Å²) in [5.41, 5.74) is 0.0244. The van der Waals surface area contributed by atoms with Crippen LogP contribution in [0.3, 0.4) is 0 Å². The Hall–Kier alpha value is -1.75. The summed E-state index contributed by atoms with van der Waals surface area (Å²) in [7, 11) is -3.25. The molecule has 1 atom stereocenters. The smallest absolute Gasteiger partial charge is 0.271 e. The van der Waals surface area contributed by atoms with E-state index < -0.39 is 21.0 Å². The summed E-state index contributed by atoms with van der Waals surface area (Å²) in [6, 6.07) is 3.23. The van der Waals surface area contributed by atoms with E-state index in [1.165, 1.54) is 18.2 Å².